The summed E-state index contributed by atoms with van der Waals surface area (Å²) in [7, 11) is 0. The average molecular weight is 420 g/mol. The van der Waals surface area contributed by atoms with Gasteiger partial charge in [-0.3, -0.25) is 4.79 Å². The molecule has 0 aliphatic carbocycles. The van der Waals surface area contributed by atoms with E-state index in [1.165, 1.54) is 19.1 Å². The van der Waals surface area contributed by atoms with Gasteiger partial charge in [0.1, 0.15) is 0 Å². The molecule has 3 rings (SSSR count). The molecular weight excluding hydrogens is 405 g/mol. The van der Waals surface area contributed by atoms with E-state index in [1.807, 2.05) is 0 Å². The molecule has 0 bridgehead atoms. The fraction of sp³-hybridized carbons (Fsp3) is 0.150. The maximum Gasteiger partial charge on any atom is 0.363 e. The summed E-state index contributed by atoms with van der Waals surface area (Å²) in [4.78, 5) is 27.7. The maximum absolute atomic E-state index is 12.2. The molecule has 0 spiro atoms. The van der Waals surface area contributed by atoms with Crippen LogP contribution in [0.2, 0.25) is 10.0 Å². The molecule has 0 N–H and O–H groups in total. The van der Waals surface area contributed by atoms with Gasteiger partial charge in [-0.1, -0.05) is 35.3 Å². The van der Waals surface area contributed by atoms with E-state index in [2.05, 4.69) is 4.99 Å². The minimum absolute atomic E-state index is 0.0775. The van der Waals surface area contributed by atoms with Crippen LogP contribution < -0.4 is 9.47 Å². The molecule has 2 aromatic rings. The third-order valence-electron chi connectivity index (χ3n) is 3.61. The van der Waals surface area contributed by atoms with Crippen molar-refractivity contribution in [1.82, 2.24) is 0 Å². The van der Waals surface area contributed by atoms with Gasteiger partial charge in [0.25, 0.3) is 0 Å². The smallest absolute Gasteiger partial charge is 0.363 e. The lowest BCUT2D eigenvalue weighted by Gasteiger charge is -2.12. The summed E-state index contributed by atoms with van der Waals surface area (Å²) in [6, 6.07) is 10.0. The minimum Gasteiger partial charge on any atom is -0.490 e. The number of hydrogen-bond acceptors (Lipinski definition) is 6. The van der Waals surface area contributed by atoms with Crippen LogP contribution in [0.4, 0.5) is 0 Å². The summed E-state index contributed by atoms with van der Waals surface area (Å²) >= 11 is 12.4. The van der Waals surface area contributed by atoms with Gasteiger partial charge >= 0.3 is 11.9 Å². The fourth-order valence-corrected chi connectivity index (χ4v) is 2.97. The molecule has 8 heteroatoms. The van der Waals surface area contributed by atoms with Crippen molar-refractivity contribution in [2.24, 2.45) is 4.99 Å². The van der Waals surface area contributed by atoms with Crippen molar-refractivity contribution in [1.29, 1.82) is 0 Å². The van der Waals surface area contributed by atoms with Crippen molar-refractivity contribution < 1.29 is 23.8 Å². The Hall–Kier alpha value is -2.83. The van der Waals surface area contributed by atoms with Gasteiger partial charge in [-0.15, -0.1) is 0 Å². The van der Waals surface area contributed by atoms with Crippen molar-refractivity contribution in [3.05, 3.63) is 63.3 Å². The number of carbonyl (C=O) groups excluding carboxylic acids is 2. The van der Waals surface area contributed by atoms with Gasteiger partial charge in [0, 0.05) is 6.92 Å². The van der Waals surface area contributed by atoms with Gasteiger partial charge in [-0.2, -0.15) is 0 Å². The van der Waals surface area contributed by atoms with Crippen molar-refractivity contribution in [3.63, 3.8) is 0 Å². The summed E-state index contributed by atoms with van der Waals surface area (Å²) < 4.78 is 15.8. The number of nitrogens with zero attached hydrogens (tertiary/aromatic N) is 1. The molecule has 0 aromatic heterocycles. The van der Waals surface area contributed by atoms with Gasteiger partial charge in [-0.05, 0) is 42.8 Å². The zero-order valence-electron chi connectivity index (χ0n) is 15.0. The fourth-order valence-electron chi connectivity index (χ4n) is 2.49. The van der Waals surface area contributed by atoms with Crippen LogP contribution in [0.15, 0.2) is 47.1 Å². The molecule has 0 amide bonds. The SMILES string of the molecule is CCOc1cc(/C=C2\N=C(c3ccccc3Cl)OC2=O)cc(Cl)c1OC(C)=O. The van der Waals surface area contributed by atoms with E-state index in [4.69, 9.17) is 37.4 Å². The Morgan fingerprint density at radius 3 is 2.64 bits per heavy atom. The largest absolute Gasteiger partial charge is 0.490 e. The molecule has 1 aliphatic heterocycles. The Bertz CT molecular complexity index is 1010. The van der Waals surface area contributed by atoms with Crippen LogP contribution in [-0.2, 0) is 14.3 Å². The molecule has 1 heterocycles. The number of ether oxygens (including phenoxy) is 3. The highest BCUT2D eigenvalue weighted by molar-refractivity contribution is 6.34. The zero-order chi connectivity index (χ0) is 20.3. The number of cyclic esters (lactones) is 1. The lowest BCUT2D eigenvalue weighted by molar-refractivity contribution is -0.132. The van der Waals surface area contributed by atoms with Crippen molar-refractivity contribution in [2.75, 3.05) is 6.61 Å². The standard InChI is InChI=1S/C20H15Cl2NO5/c1-3-26-17-10-12(8-15(22)18(17)27-11(2)24)9-16-20(25)28-19(23-16)13-6-4-5-7-14(13)21/h4-10H,3H2,1-2H3/b16-9-. The molecule has 1 aliphatic rings. The Morgan fingerprint density at radius 1 is 1.21 bits per heavy atom. The first kappa shape index (κ1) is 19.9. The minimum atomic E-state index is -0.618. The predicted molar refractivity (Wildman–Crippen MR) is 106 cm³/mol. The molecule has 0 saturated heterocycles. The Kier molecular flexibility index (Phi) is 6.02. The normalized spacial score (nSPS) is 14.6. The van der Waals surface area contributed by atoms with E-state index in [0.717, 1.165) is 0 Å². The Morgan fingerprint density at radius 2 is 1.96 bits per heavy atom. The highest BCUT2D eigenvalue weighted by atomic mass is 35.5. The van der Waals surface area contributed by atoms with Crippen LogP contribution in [0.5, 0.6) is 11.5 Å². The van der Waals surface area contributed by atoms with Crippen LogP contribution in [0.3, 0.4) is 0 Å². The lowest BCUT2D eigenvalue weighted by Crippen LogP contribution is -2.06. The number of aliphatic imine (C=N–C) groups is 1. The molecule has 0 atom stereocenters. The van der Waals surface area contributed by atoms with Crippen LogP contribution in [0.1, 0.15) is 25.0 Å². The van der Waals surface area contributed by atoms with Gasteiger partial charge in [0.2, 0.25) is 5.90 Å². The summed E-state index contributed by atoms with van der Waals surface area (Å²) in [5.41, 5.74) is 1.12. The van der Waals surface area contributed by atoms with E-state index < -0.39 is 11.9 Å². The van der Waals surface area contributed by atoms with Crippen LogP contribution in [0, 0.1) is 0 Å². The third kappa shape index (κ3) is 4.35. The molecule has 6 nitrogen and oxygen atoms in total. The molecule has 0 radical (unpaired) electrons. The van der Waals surface area contributed by atoms with Crippen molar-refractivity contribution >= 4 is 47.1 Å². The van der Waals surface area contributed by atoms with Crippen LogP contribution in [-0.4, -0.2) is 24.4 Å². The highest BCUT2D eigenvalue weighted by Gasteiger charge is 2.26. The first-order valence-corrected chi connectivity index (χ1v) is 9.07. The number of benzene rings is 2. The van der Waals surface area contributed by atoms with E-state index >= 15 is 0 Å². The average Bonchev–Trinajstić information content (AvgIpc) is 2.99. The highest BCUT2D eigenvalue weighted by Crippen LogP contribution is 2.37. The van der Waals surface area contributed by atoms with Crippen LogP contribution >= 0.6 is 23.2 Å². The molecule has 0 fully saturated rings. The molecular formula is C20H15Cl2NO5. The monoisotopic (exact) mass is 419 g/mol. The maximum atomic E-state index is 12.2. The third-order valence-corrected chi connectivity index (χ3v) is 4.22. The van der Waals surface area contributed by atoms with E-state index in [1.54, 1.807) is 37.3 Å². The van der Waals surface area contributed by atoms with Gasteiger partial charge in [0.05, 0.1) is 22.2 Å². The first-order valence-electron chi connectivity index (χ1n) is 8.31. The quantitative estimate of drug-likeness (QED) is 0.400. The second-order valence-corrected chi connectivity index (χ2v) is 6.49. The molecule has 28 heavy (non-hydrogen) atoms. The topological polar surface area (TPSA) is 74.2 Å². The second kappa shape index (κ2) is 8.46. The summed E-state index contributed by atoms with van der Waals surface area (Å²) in [5, 5.41) is 0.581. The summed E-state index contributed by atoms with van der Waals surface area (Å²) in [5.74, 6) is -0.629. The second-order valence-electron chi connectivity index (χ2n) is 5.67. The van der Waals surface area contributed by atoms with E-state index in [-0.39, 0.29) is 28.1 Å². The van der Waals surface area contributed by atoms with Gasteiger partial charge in [0.15, 0.2) is 17.2 Å². The number of hydrogen-bond donors (Lipinski definition) is 0. The number of esters is 2. The number of halogens is 2. The van der Waals surface area contributed by atoms with Crippen LogP contribution in [0.25, 0.3) is 6.08 Å². The molecule has 144 valence electrons. The lowest BCUT2D eigenvalue weighted by atomic mass is 10.1. The molecule has 0 saturated carbocycles. The van der Waals surface area contributed by atoms with Gasteiger partial charge in [-0.25, -0.2) is 9.79 Å². The van der Waals surface area contributed by atoms with E-state index in [9.17, 15) is 9.59 Å². The molecule has 0 unspecified atom stereocenters. The van der Waals surface area contributed by atoms with E-state index in [0.29, 0.717) is 22.8 Å². The van der Waals surface area contributed by atoms with Crippen molar-refractivity contribution in [3.8, 4) is 11.5 Å². The first-order chi connectivity index (χ1) is 13.4. The zero-order valence-corrected chi connectivity index (χ0v) is 16.5. The van der Waals surface area contributed by atoms with Gasteiger partial charge < -0.3 is 14.2 Å². The summed E-state index contributed by atoms with van der Waals surface area (Å²) in [6.07, 6.45) is 1.50. The number of rotatable bonds is 5. The number of carbonyl (C=O) groups is 2. The Labute approximate surface area is 171 Å². The molecule has 2 aromatic carbocycles. The predicted octanol–water partition coefficient (Wildman–Crippen LogP) is 4.66. The van der Waals surface area contributed by atoms with Crippen molar-refractivity contribution in [2.45, 2.75) is 13.8 Å². The Balaban J connectivity index is 1.99. The summed E-state index contributed by atoms with van der Waals surface area (Å²) in [6.45, 7) is 3.38.